The van der Waals surface area contributed by atoms with Crippen LogP contribution in [0.1, 0.15) is 4.88 Å². The third kappa shape index (κ3) is 2.75. The summed E-state index contributed by atoms with van der Waals surface area (Å²) in [6, 6.07) is 9.94. The number of fused-ring (bicyclic) bond motifs is 3. The summed E-state index contributed by atoms with van der Waals surface area (Å²) in [5, 5.41) is 14.1. The first-order valence-corrected chi connectivity index (χ1v) is 10.3. The molecule has 0 aliphatic carbocycles. The van der Waals surface area contributed by atoms with Gasteiger partial charge in [-0.1, -0.05) is 29.8 Å². The predicted octanol–water partition coefficient (Wildman–Crippen LogP) is 3.45. The zero-order chi connectivity index (χ0) is 19.3. The molecule has 0 spiro atoms. The van der Waals surface area contributed by atoms with Gasteiger partial charge in [0.15, 0.2) is 11.5 Å². The Bertz CT molecular complexity index is 1220. The summed E-state index contributed by atoms with van der Waals surface area (Å²) in [5.41, 5.74) is -0.370. The fourth-order valence-electron chi connectivity index (χ4n) is 2.82. The summed E-state index contributed by atoms with van der Waals surface area (Å²) < 4.78 is 27.5. The number of carbonyl (C=O) groups excluding carboxylic acids is 1. The van der Waals surface area contributed by atoms with Gasteiger partial charge in [0.2, 0.25) is 0 Å². The van der Waals surface area contributed by atoms with Gasteiger partial charge in [0.05, 0.1) is 9.90 Å². The molecule has 10 heteroatoms. The van der Waals surface area contributed by atoms with Crippen molar-refractivity contribution >= 4 is 60.5 Å². The Kier molecular flexibility index (Phi) is 4.10. The number of rotatable bonds is 2. The lowest BCUT2D eigenvalue weighted by Crippen LogP contribution is -2.36. The van der Waals surface area contributed by atoms with Crippen LogP contribution in [0.15, 0.2) is 53.2 Å². The molecule has 3 aromatic rings. The molecule has 0 fully saturated rings. The van der Waals surface area contributed by atoms with Crippen molar-refractivity contribution < 1.29 is 18.3 Å². The van der Waals surface area contributed by atoms with E-state index in [1.807, 2.05) is 0 Å². The van der Waals surface area contributed by atoms with E-state index in [-0.39, 0.29) is 21.3 Å². The van der Waals surface area contributed by atoms with Crippen LogP contribution in [-0.4, -0.2) is 35.8 Å². The number of thiophene rings is 1. The highest BCUT2D eigenvalue weighted by atomic mass is 35.5. The van der Waals surface area contributed by atoms with E-state index in [0.29, 0.717) is 15.1 Å². The molecule has 0 atom stereocenters. The summed E-state index contributed by atoms with van der Waals surface area (Å²) in [5.74, 6) is -1.01. The number of nitrogens with zero attached hydrogens (tertiary/aromatic N) is 2. The Morgan fingerprint density at radius 2 is 2.00 bits per heavy atom. The van der Waals surface area contributed by atoms with Crippen LogP contribution < -0.4 is 5.32 Å². The van der Waals surface area contributed by atoms with E-state index in [1.54, 1.807) is 24.3 Å². The number of aromatic nitrogens is 1. The van der Waals surface area contributed by atoms with Crippen molar-refractivity contribution in [2.75, 3.05) is 12.4 Å². The number of sulfonamides is 1. The largest absolute Gasteiger partial charge is 0.504 e. The van der Waals surface area contributed by atoms with Crippen molar-refractivity contribution in [2.24, 2.45) is 0 Å². The molecule has 27 heavy (non-hydrogen) atoms. The predicted molar refractivity (Wildman–Crippen MR) is 104 cm³/mol. The van der Waals surface area contributed by atoms with Crippen molar-refractivity contribution in [1.29, 1.82) is 0 Å². The Morgan fingerprint density at radius 1 is 1.26 bits per heavy atom. The number of amides is 1. The number of hydrogen-bond donors (Lipinski definition) is 2. The monoisotopic (exact) mass is 421 g/mol. The van der Waals surface area contributed by atoms with Crippen LogP contribution in [0.2, 0.25) is 5.02 Å². The Hall–Kier alpha value is -2.62. The van der Waals surface area contributed by atoms with Gasteiger partial charge in [0, 0.05) is 23.3 Å². The summed E-state index contributed by atoms with van der Waals surface area (Å²) in [6.45, 7) is 0. The minimum atomic E-state index is -4.01. The molecule has 4 rings (SSSR count). The SMILES string of the molecule is CN1C(C(=O)Nc2ccc(Cl)cn2)=C(O)c2sc3ccccc3c2S1(=O)=O. The lowest BCUT2D eigenvalue weighted by atomic mass is 10.2. The highest BCUT2D eigenvalue weighted by Gasteiger charge is 2.40. The number of halogens is 1. The summed E-state index contributed by atoms with van der Waals surface area (Å²) in [4.78, 5) is 16.8. The van der Waals surface area contributed by atoms with E-state index in [2.05, 4.69) is 10.3 Å². The summed E-state index contributed by atoms with van der Waals surface area (Å²) in [6.07, 6.45) is 1.34. The normalized spacial score (nSPS) is 15.7. The smallest absolute Gasteiger partial charge is 0.278 e. The highest BCUT2D eigenvalue weighted by Crippen LogP contribution is 2.44. The van der Waals surface area contributed by atoms with Crippen LogP contribution in [0, 0.1) is 0 Å². The maximum Gasteiger partial charge on any atom is 0.278 e. The van der Waals surface area contributed by atoms with Crippen LogP contribution in [0.3, 0.4) is 0 Å². The molecule has 0 radical (unpaired) electrons. The van der Waals surface area contributed by atoms with Gasteiger partial charge in [-0.2, -0.15) is 0 Å². The van der Waals surface area contributed by atoms with Crippen molar-refractivity contribution in [3.05, 3.63) is 58.2 Å². The molecule has 0 unspecified atom stereocenters. The molecule has 3 heterocycles. The maximum absolute atomic E-state index is 13.0. The molecule has 7 nitrogen and oxygen atoms in total. The fourth-order valence-corrected chi connectivity index (χ4v) is 5.95. The minimum absolute atomic E-state index is 0.00395. The highest BCUT2D eigenvalue weighted by molar-refractivity contribution is 7.89. The summed E-state index contributed by atoms with van der Waals surface area (Å²) in [7, 11) is -2.78. The minimum Gasteiger partial charge on any atom is -0.504 e. The van der Waals surface area contributed by atoms with Gasteiger partial charge in [-0.05, 0) is 18.2 Å². The third-order valence-corrected chi connectivity index (χ3v) is 7.48. The molecule has 1 amide bonds. The average molecular weight is 422 g/mol. The molecule has 2 N–H and O–H groups in total. The number of hydrogen-bond acceptors (Lipinski definition) is 6. The van der Waals surface area contributed by atoms with Gasteiger partial charge in [-0.15, -0.1) is 11.3 Å². The van der Waals surface area contributed by atoms with Gasteiger partial charge in [0.1, 0.15) is 10.7 Å². The number of anilines is 1. The molecule has 1 aliphatic rings. The quantitative estimate of drug-likeness (QED) is 0.660. The number of aliphatic hydroxyl groups is 1. The van der Waals surface area contributed by atoms with Crippen LogP contribution >= 0.6 is 22.9 Å². The number of carbonyl (C=O) groups is 1. The first kappa shape index (κ1) is 17.8. The molecular weight excluding hydrogens is 410 g/mol. The van der Waals surface area contributed by atoms with E-state index < -0.39 is 21.7 Å². The second-order valence-corrected chi connectivity index (χ2v) is 9.14. The molecule has 0 bridgehead atoms. The number of likely N-dealkylation sites (N-methyl/N-ethyl adjacent to an activating group) is 1. The van der Waals surface area contributed by atoms with Gasteiger partial charge in [-0.3, -0.25) is 9.10 Å². The fraction of sp³-hybridized carbons (Fsp3) is 0.0588. The van der Waals surface area contributed by atoms with Gasteiger partial charge in [-0.25, -0.2) is 13.4 Å². The van der Waals surface area contributed by atoms with E-state index in [0.717, 1.165) is 15.6 Å². The van der Waals surface area contributed by atoms with Crippen LogP contribution in [0.25, 0.3) is 15.8 Å². The topological polar surface area (TPSA) is 99.6 Å². The number of aliphatic hydroxyl groups excluding tert-OH is 1. The average Bonchev–Trinajstić information content (AvgIpc) is 3.03. The molecule has 0 saturated heterocycles. The standard InChI is InChI=1S/C17H12ClN3O4S2/c1-21-13(17(23)20-12-7-6-9(18)8-19-12)14(22)15-16(27(21,24)25)10-4-2-3-5-11(10)26-15/h2-8,22H,1H3,(H,19,20,23). The van der Waals surface area contributed by atoms with Crippen LogP contribution in [0.4, 0.5) is 5.82 Å². The van der Waals surface area contributed by atoms with E-state index in [1.165, 1.54) is 25.4 Å². The number of benzene rings is 1. The summed E-state index contributed by atoms with van der Waals surface area (Å²) >= 11 is 6.88. The molecule has 1 aliphatic heterocycles. The van der Waals surface area contributed by atoms with Gasteiger partial charge >= 0.3 is 0 Å². The molecule has 1 aromatic carbocycles. The zero-order valence-corrected chi connectivity index (χ0v) is 16.2. The second kappa shape index (κ2) is 6.22. The van der Waals surface area contributed by atoms with E-state index >= 15 is 0 Å². The van der Waals surface area contributed by atoms with Crippen molar-refractivity contribution in [3.63, 3.8) is 0 Å². The van der Waals surface area contributed by atoms with Crippen molar-refractivity contribution in [1.82, 2.24) is 9.29 Å². The third-order valence-electron chi connectivity index (χ3n) is 4.11. The second-order valence-electron chi connectivity index (χ2n) is 5.74. The Balaban J connectivity index is 1.86. The van der Waals surface area contributed by atoms with Gasteiger partial charge < -0.3 is 10.4 Å². The van der Waals surface area contributed by atoms with E-state index in [4.69, 9.17) is 11.6 Å². The lowest BCUT2D eigenvalue weighted by molar-refractivity contribution is -0.113. The van der Waals surface area contributed by atoms with Crippen molar-refractivity contribution in [2.45, 2.75) is 4.90 Å². The molecule has 2 aromatic heterocycles. The number of pyridine rings is 1. The lowest BCUT2D eigenvalue weighted by Gasteiger charge is -2.26. The molecule has 0 saturated carbocycles. The Labute approximate surface area is 163 Å². The maximum atomic E-state index is 13.0. The van der Waals surface area contributed by atoms with Crippen LogP contribution in [-0.2, 0) is 14.8 Å². The Morgan fingerprint density at radius 3 is 2.70 bits per heavy atom. The first-order chi connectivity index (χ1) is 12.8. The van der Waals surface area contributed by atoms with Gasteiger partial charge in [0.25, 0.3) is 15.9 Å². The number of nitrogens with one attached hydrogen (secondary N) is 1. The molecule has 138 valence electrons. The zero-order valence-electron chi connectivity index (χ0n) is 13.8. The molecular formula is C17H12ClN3O4S2. The first-order valence-electron chi connectivity index (χ1n) is 7.67. The van der Waals surface area contributed by atoms with Crippen molar-refractivity contribution in [3.8, 4) is 0 Å². The van der Waals surface area contributed by atoms with Crippen LogP contribution in [0.5, 0.6) is 0 Å². The van der Waals surface area contributed by atoms with E-state index in [9.17, 15) is 18.3 Å².